The third-order valence-corrected chi connectivity index (χ3v) is 1.21. The first-order chi connectivity index (χ1) is 5.27. The van der Waals surface area contributed by atoms with Crippen LogP contribution in [0.25, 0.3) is 0 Å². The molecule has 0 aromatic carbocycles. The number of esters is 1. The molecule has 0 aliphatic carbocycles. The number of furan rings is 1. The molecule has 0 atom stereocenters. The van der Waals surface area contributed by atoms with Crippen molar-refractivity contribution in [3.05, 3.63) is 23.7 Å². The smallest absolute Gasteiger partial charge is 0.373 e. The molecule has 0 spiro atoms. The zero-order chi connectivity index (χ0) is 8.27. The van der Waals surface area contributed by atoms with Crippen LogP contribution in [0.5, 0.6) is 0 Å². The lowest BCUT2D eigenvalue weighted by Crippen LogP contribution is -1.98. The lowest BCUT2D eigenvalue weighted by atomic mass is 10.3. The van der Waals surface area contributed by atoms with Crippen molar-refractivity contribution in [3.63, 3.8) is 0 Å². The first-order valence-corrected chi connectivity index (χ1v) is 3.01. The fraction of sp³-hybridized carbons (Fsp3) is 0.286. The van der Waals surface area contributed by atoms with E-state index in [-0.39, 0.29) is 12.4 Å². The lowest BCUT2D eigenvalue weighted by Gasteiger charge is -1.90. The highest BCUT2D eigenvalue weighted by Gasteiger charge is 2.09. The van der Waals surface area contributed by atoms with Gasteiger partial charge in [0.1, 0.15) is 6.61 Å². The van der Waals surface area contributed by atoms with Crippen LogP contribution in [-0.4, -0.2) is 13.1 Å². The van der Waals surface area contributed by atoms with Gasteiger partial charge in [0, 0.05) is 5.56 Å². The number of methoxy groups -OCH3 is 1. The molecular formula is C7H7O4. The molecule has 1 aromatic heterocycles. The van der Waals surface area contributed by atoms with E-state index in [0.717, 1.165) is 0 Å². The lowest BCUT2D eigenvalue weighted by molar-refractivity contribution is 0.0565. The molecule has 0 amide bonds. The van der Waals surface area contributed by atoms with Crippen LogP contribution in [0.4, 0.5) is 0 Å². The number of hydrogen-bond acceptors (Lipinski definition) is 3. The molecule has 1 radical (unpaired) electrons. The summed E-state index contributed by atoms with van der Waals surface area (Å²) < 4.78 is 9.09. The van der Waals surface area contributed by atoms with Crippen LogP contribution >= 0.6 is 0 Å². The van der Waals surface area contributed by atoms with Crippen molar-refractivity contribution in [1.29, 1.82) is 0 Å². The molecule has 4 nitrogen and oxygen atoms in total. The summed E-state index contributed by atoms with van der Waals surface area (Å²) in [4.78, 5) is 10.7. The van der Waals surface area contributed by atoms with Crippen LogP contribution in [0.15, 0.2) is 16.7 Å². The number of carbonyl (C=O) groups excluding carboxylic acids is 1. The maximum atomic E-state index is 10.7. The summed E-state index contributed by atoms with van der Waals surface area (Å²) in [5.41, 5.74) is 0.449. The van der Waals surface area contributed by atoms with Gasteiger partial charge in [0.25, 0.3) is 0 Å². The predicted molar refractivity (Wildman–Crippen MR) is 34.4 cm³/mol. The van der Waals surface area contributed by atoms with E-state index < -0.39 is 5.97 Å². The summed E-state index contributed by atoms with van der Waals surface area (Å²) in [5.74, 6) is -0.497. The molecule has 1 rings (SSSR count). The van der Waals surface area contributed by atoms with Crippen molar-refractivity contribution in [2.75, 3.05) is 7.11 Å². The Hall–Kier alpha value is -1.29. The van der Waals surface area contributed by atoms with Gasteiger partial charge in [0.2, 0.25) is 5.76 Å². The zero-order valence-electron chi connectivity index (χ0n) is 5.99. The third-order valence-electron chi connectivity index (χ3n) is 1.21. The standard InChI is InChI=1S/C7H7O4/c1-10-7(9)6-2-5(3-8)4-11-6/h2,4H,3H2,1H3. The number of ether oxygens (including phenoxy) is 1. The second-order valence-electron chi connectivity index (χ2n) is 1.96. The van der Waals surface area contributed by atoms with Crippen LogP contribution in [0.1, 0.15) is 16.1 Å². The van der Waals surface area contributed by atoms with E-state index in [2.05, 4.69) is 4.74 Å². The molecule has 1 aromatic rings. The largest absolute Gasteiger partial charge is 0.463 e. The van der Waals surface area contributed by atoms with Gasteiger partial charge in [-0.15, -0.1) is 0 Å². The van der Waals surface area contributed by atoms with Gasteiger partial charge < -0.3 is 9.15 Å². The van der Waals surface area contributed by atoms with Gasteiger partial charge >= 0.3 is 5.97 Å². The topological polar surface area (TPSA) is 59.3 Å². The summed E-state index contributed by atoms with van der Waals surface area (Å²) in [6.45, 7) is -0.388. The predicted octanol–water partition coefficient (Wildman–Crippen LogP) is 0.997. The van der Waals surface area contributed by atoms with Crippen LogP contribution in [0.3, 0.4) is 0 Å². The van der Waals surface area contributed by atoms with E-state index in [1.54, 1.807) is 0 Å². The monoisotopic (exact) mass is 155 g/mol. The number of rotatable bonds is 2. The van der Waals surface area contributed by atoms with Crippen molar-refractivity contribution in [3.8, 4) is 0 Å². The fourth-order valence-electron chi connectivity index (χ4n) is 0.659. The Morgan fingerprint density at radius 2 is 2.45 bits per heavy atom. The molecule has 0 fully saturated rings. The molecule has 11 heavy (non-hydrogen) atoms. The second-order valence-corrected chi connectivity index (χ2v) is 1.96. The summed E-state index contributed by atoms with van der Waals surface area (Å²) in [7, 11) is 1.25. The van der Waals surface area contributed by atoms with Crippen LogP contribution in [0.2, 0.25) is 0 Å². The van der Waals surface area contributed by atoms with E-state index in [1.165, 1.54) is 19.4 Å². The zero-order valence-corrected chi connectivity index (χ0v) is 5.99. The Morgan fingerprint density at radius 1 is 1.73 bits per heavy atom. The van der Waals surface area contributed by atoms with Gasteiger partial charge in [-0.05, 0) is 6.07 Å². The minimum Gasteiger partial charge on any atom is -0.463 e. The van der Waals surface area contributed by atoms with E-state index >= 15 is 0 Å². The average Bonchev–Trinajstić information content (AvgIpc) is 2.50. The van der Waals surface area contributed by atoms with E-state index in [1.807, 2.05) is 0 Å². The van der Waals surface area contributed by atoms with E-state index in [4.69, 9.17) is 4.42 Å². The number of hydrogen-bond donors (Lipinski definition) is 0. The highest BCUT2D eigenvalue weighted by molar-refractivity contribution is 5.86. The van der Waals surface area contributed by atoms with E-state index in [9.17, 15) is 9.90 Å². The first-order valence-electron chi connectivity index (χ1n) is 3.01. The second kappa shape index (κ2) is 3.21. The summed E-state index contributed by atoms with van der Waals surface area (Å²) in [6, 6.07) is 1.37. The normalized spacial score (nSPS) is 9.64. The van der Waals surface area contributed by atoms with Crippen LogP contribution < -0.4 is 0 Å². The molecular weight excluding hydrogens is 148 g/mol. The van der Waals surface area contributed by atoms with Gasteiger partial charge in [0.15, 0.2) is 0 Å². The van der Waals surface area contributed by atoms with Gasteiger partial charge in [-0.2, -0.15) is 0 Å². The van der Waals surface area contributed by atoms with Crippen LogP contribution in [-0.2, 0) is 16.5 Å². The molecule has 0 saturated heterocycles. The minimum absolute atomic E-state index is 0.0679. The molecule has 59 valence electrons. The minimum atomic E-state index is -0.565. The Labute approximate surface area is 63.4 Å². The van der Waals surface area contributed by atoms with E-state index in [0.29, 0.717) is 5.56 Å². The maximum absolute atomic E-state index is 10.7. The summed E-state index contributed by atoms with van der Waals surface area (Å²) >= 11 is 0. The number of carbonyl (C=O) groups is 1. The molecule has 0 aliphatic rings. The van der Waals surface area contributed by atoms with Crippen molar-refractivity contribution in [1.82, 2.24) is 0 Å². The molecule has 0 saturated carbocycles. The van der Waals surface area contributed by atoms with Crippen molar-refractivity contribution in [2.45, 2.75) is 6.61 Å². The quantitative estimate of drug-likeness (QED) is 0.598. The molecule has 0 N–H and O–H groups in total. The van der Waals surface area contributed by atoms with Gasteiger partial charge in [-0.1, -0.05) is 0 Å². The van der Waals surface area contributed by atoms with Crippen molar-refractivity contribution < 1.29 is 19.1 Å². The SMILES string of the molecule is COC(=O)c1cc(C[O])co1. The highest BCUT2D eigenvalue weighted by Crippen LogP contribution is 2.08. The fourth-order valence-corrected chi connectivity index (χ4v) is 0.659. The average molecular weight is 155 g/mol. The Bertz CT molecular complexity index is 251. The molecule has 0 bridgehead atoms. The highest BCUT2D eigenvalue weighted by atomic mass is 16.5. The van der Waals surface area contributed by atoms with Crippen molar-refractivity contribution >= 4 is 5.97 Å². The molecule has 0 aliphatic heterocycles. The summed E-state index contributed by atoms with van der Waals surface area (Å²) in [5, 5.41) is 10.2. The van der Waals surface area contributed by atoms with Crippen molar-refractivity contribution in [2.24, 2.45) is 0 Å². The molecule has 1 heterocycles. The first kappa shape index (κ1) is 7.81. The van der Waals surface area contributed by atoms with Crippen LogP contribution in [0, 0.1) is 0 Å². The Morgan fingerprint density at radius 3 is 2.91 bits per heavy atom. The Kier molecular flexibility index (Phi) is 2.28. The van der Waals surface area contributed by atoms with Gasteiger partial charge in [0.05, 0.1) is 13.4 Å². The molecule has 0 unspecified atom stereocenters. The maximum Gasteiger partial charge on any atom is 0.373 e. The molecule has 4 heteroatoms. The summed E-state index contributed by atoms with van der Waals surface area (Å²) in [6.07, 6.45) is 1.25. The van der Waals surface area contributed by atoms with Gasteiger partial charge in [-0.25, -0.2) is 9.90 Å². The Balaban J connectivity index is 2.80. The van der Waals surface area contributed by atoms with Gasteiger partial charge in [-0.3, -0.25) is 0 Å². The third kappa shape index (κ3) is 1.59.